The topological polar surface area (TPSA) is 80.7 Å². The van der Waals surface area contributed by atoms with Gasteiger partial charge in [-0.05, 0) is 24.5 Å². The summed E-state index contributed by atoms with van der Waals surface area (Å²) in [6.45, 7) is 1.37. The average molecular weight is 385 g/mol. The summed E-state index contributed by atoms with van der Waals surface area (Å²) in [5.41, 5.74) is 0.692. The molecule has 1 rings (SSSR count). The predicted octanol–water partition coefficient (Wildman–Crippen LogP) is 4.94. The van der Waals surface area contributed by atoms with Gasteiger partial charge in [0.2, 0.25) is 0 Å². The highest BCUT2D eigenvalue weighted by Gasteiger charge is 2.20. The maximum absolute atomic E-state index is 12.2. The summed E-state index contributed by atoms with van der Waals surface area (Å²) in [5, 5.41) is 8.61. The van der Waals surface area contributed by atoms with Crippen molar-refractivity contribution in [1.29, 1.82) is 0 Å². The second-order valence-corrected chi connectivity index (χ2v) is 8.23. The maximum Gasteiger partial charge on any atom is 0.331 e. The number of carboxylic acid groups (broad SMARTS) is 1. The van der Waals surface area contributed by atoms with Gasteiger partial charge in [0, 0.05) is 0 Å². The first-order chi connectivity index (χ1) is 12.5. The van der Waals surface area contributed by atoms with Gasteiger partial charge < -0.3 is 5.11 Å². The van der Waals surface area contributed by atoms with Crippen molar-refractivity contribution in [3.8, 4) is 0 Å². The van der Waals surface area contributed by atoms with E-state index >= 15 is 0 Å². The minimum absolute atomic E-state index is 0.0807. The lowest BCUT2D eigenvalue weighted by molar-refractivity contribution is -0.139. The first-order valence-corrected chi connectivity index (χ1v) is 11.1. The Labute approximate surface area is 157 Å². The molecule has 0 spiro atoms. The van der Waals surface area contributed by atoms with Crippen molar-refractivity contribution < 1.29 is 22.5 Å². The quantitative estimate of drug-likeness (QED) is 0.342. The normalized spacial score (nSPS) is 11.6. The number of carboxylic acids is 1. The van der Waals surface area contributed by atoms with Gasteiger partial charge in [-0.2, -0.15) is 8.42 Å². The van der Waals surface area contributed by atoms with Gasteiger partial charge in [0.25, 0.3) is 10.1 Å². The van der Waals surface area contributed by atoms with Crippen molar-refractivity contribution in [1.82, 2.24) is 0 Å². The van der Waals surface area contributed by atoms with Crippen molar-refractivity contribution in [3.05, 3.63) is 29.8 Å². The SMILES string of the molecule is CCCCCCCCCCCCc1ccccc1S(=O)(=O)OCC(=O)O. The largest absolute Gasteiger partial charge is 0.479 e. The van der Waals surface area contributed by atoms with Gasteiger partial charge in [-0.15, -0.1) is 0 Å². The monoisotopic (exact) mass is 384 g/mol. The molecule has 1 N–H and O–H groups in total. The summed E-state index contributed by atoms with van der Waals surface area (Å²) in [5.74, 6) is -1.30. The van der Waals surface area contributed by atoms with Gasteiger partial charge in [-0.1, -0.05) is 82.9 Å². The highest BCUT2D eigenvalue weighted by Crippen LogP contribution is 2.20. The average Bonchev–Trinajstić information content (AvgIpc) is 2.62. The van der Waals surface area contributed by atoms with Crippen molar-refractivity contribution in [2.75, 3.05) is 6.61 Å². The Kier molecular flexibility index (Phi) is 11.2. The van der Waals surface area contributed by atoms with E-state index in [0.29, 0.717) is 12.0 Å². The van der Waals surface area contributed by atoms with Crippen LogP contribution in [0.15, 0.2) is 29.2 Å². The van der Waals surface area contributed by atoms with E-state index in [1.54, 1.807) is 18.2 Å². The summed E-state index contributed by atoms with van der Waals surface area (Å²) >= 11 is 0. The second kappa shape index (κ2) is 12.9. The fourth-order valence-electron chi connectivity index (χ4n) is 2.95. The Hall–Kier alpha value is -1.40. The van der Waals surface area contributed by atoms with Crippen molar-refractivity contribution >= 4 is 16.1 Å². The zero-order chi connectivity index (χ0) is 19.3. The molecular weight excluding hydrogens is 352 g/mol. The van der Waals surface area contributed by atoms with E-state index < -0.39 is 22.7 Å². The van der Waals surface area contributed by atoms with Gasteiger partial charge >= 0.3 is 5.97 Å². The van der Waals surface area contributed by atoms with Crippen LogP contribution in [-0.4, -0.2) is 26.1 Å². The zero-order valence-corrected chi connectivity index (χ0v) is 16.6. The van der Waals surface area contributed by atoms with E-state index in [9.17, 15) is 13.2 Å². The molecule has 0 aliphatic heterocycles. The minimum atomic E-state index is -4.03. The van der Waals surface area contributed by atoms with Gasteiger partial charge in [0.15, 0.2) is 6.61 Å². The summed E-state index contributed by atoms with van der Waals surface area (Å²) in [4.78, 5) is 10.6. The second-order valence-electron chi connectivity index (χ2n) is 6.65. The lowest BCUT2D eigenvalue weighted by Crippen LogP contribution is -2.15. The van der Waals surface area contributed by atoms with Crippen molar-refractivity contribution in [3.63, 3.8) is 0 Å². The Balaban J connectivity index is 2.34. The number of aliphatic carboxylic acids is 1. The van der Waals surface area contributed by atoms with Crippen molar-refractivity contribution in [2.24, 2.45) is 0 Å². The summed E-state index contributed by atoms with van der Waals surface area (Å²) in [6, 6.07) is 6.66. The molecule has 6 heteroatoms. The maximum atomic E-state index is 12.2. The first kappa shape index (κ1) is 22.6. The third kappa shape index (κ3) is 9.34. The van der Waals surface area contributed by atoms with Crippen LogP contribution >= 0.6 is 0 Å². The highest BCUT2D eigenvalue weighted by molar-refractivity contribution is 7.86. The molecule has 0 unspecified atom stereocenters. The van der Waals surface area contributed by atoms with Crippen LogP contribution < -0.4 is 0 Å². The van der Waals surface area contributed by atoms with Crippen LogP contribution in [0, 0.1) is 0 Å². The van der Waals surface area contributed by atoms with E-state index in [2.05, 4.69) is 11.1 Å². The summed E-state index contributed by atoms with van der Waals surface area (Å²) < 4.78 is 28.9. The number of benzene rings is 1. The van der Waals surface area contributed by atoms with Crippen LogP contribution in [0.1, 0.15) is 76.7 Å². The molecule has 0 amide bonds. The highest BCUT2D eigenvalue weighted by atomic mass is 32.2. The lowest BCUT2D eigenvalue weighted by Gasteiger charge is -2.10. The van der Waals surface area contributed by atoms with Crippen LogP contribution in [0.4, 0.5) is 0 Å². The fourth-order valence-corrected chi connectivity index (χ4v) is 4.07. The van der Waals surface area contributed by atoms with Crippen LogP contribution in [0.5, 0.6) is 0 Å². The van der Waals surface area contributed by atoms with Crippen LogP contribution in [0.25, 0.3) is 0 Å². The van der Waals surface area contributed by atoms with Gasteiger partial charge in [0.1, 0.15) is 0 Å². The standard InChI is InChI=1S/C20H32O5S/c1-2-3-4-5-6-7-8-9-10-11-14-18-15-12-13-16-19(18)26(23,24)25-17-20(21)22/h12-13,15-16H,2-11,14,17H2,1H3,(H,21,22). The molecule has 0 bridgehead atoms. The molecule has 0 aliphatic rings. The van der Waals surface area contributed by atoms with Crippen molar-refractivity contribution in [2.45, 2.75) is 82.4 Å². The lowest BCUT2D eigenvalue weighted by atomic mass is 10.0. The molecule has 0 radical (unpaired) electrons. The summed E-state index contributed by atoms with van der Waals surface area (Å²) in [7, 11) is -4.03. The van der Waals surface area contributed by atoms with Crippen LogP contribution in [-0.2, 0) is 25.5 Å². The number of hydrogen-bond donors (Lipinski definition) is 1. The molecule has 0 saturated heterocycles. The van der Waals surface area contributed by atoms with Gasteiger partial charge in [-0.25, -0.2) is 4.79 Å². The smallest absolute Gasteiger partial charge is 0.331 e. The molecule has 0 saturated carbocycles. The third-order valence-electron chi connectivity index (χ3n) is 4.38. The fraction of sp³-hybridized carbons (Fsp3) is 0.650. The molecule has 1 aromatic carbocycles. The molecule has 0 atom stereocenters. The zero-order valence-electron chi connectivity index (χ0n) is 15.8. The summed E-state index contributed by atoms with van der Waals surface area (Å²) in [6.07, 6.45) is 12.9. The number of hydrogen-bond acceptors (Lipinski definition) is 4. The molecule has 0 aromatic heterocycles. The third-order valence-corrected chi connectivity index (χ3v) is 5.74. The van der Waals surface area contributed by atoms with E-state index in [1.165, 1.54) is 51.0 Å². The Morgan fingerprint density at radius 1 is 0.923 bits per heavy atom. The van der Waals surface area contributed by atoms with Gasteiger partial charge in [0.05, 0.1) is 4.90 Å². The number of rotatable bonds is 15. The number of unbranched alkanes of at least 4 members (excludes halogenated alkanes) is 9. The minimum Gasteiger partial charge on any atom is -0.479 e. The first-order valence-electron chi connectivity index (χ1n) is 9.66. The molecule has 26 heavy (non-hydrogen) atoms. The molecule has 0 fully saturated rings. The molecule has 148 valence electrons. The van der Waals surface area contributed by atoms with Crippen LogP contribution in [0.3, 0.4) is 0 Å². The molecule has 5 nitrogen and oxygen atoms in total. The molecular formula is C20H32O5S. The predicted molar refractivity (Wildman–Crippen MR) is 103 cm³/mol. The Morgan fingerprint density at radius 3 is 2.04 bits per heavy atom. The Bertz CT molecular complexity index is 625. The van der Waals surface area contributed by atoms with E-state index in [-0.39, 0.29) is 4.90 Å². The molecule has 1 aromatic rings. The van der Waals surface area contributed by atoms with E-state index in [4.69, 9.17) is 5.11 Å². The number of carbonyl (C=O) groups is 1. The van der Waals surface area contributed by atoms with E-state index in [0.717, 1.165) is 19.3 Å². The molecule has 0 aliphatic carbocycles. The molecule has 0 heterocycles. The Morgan fingerprint density at radius 2 is 1.46 bits per heavy atom. The number of aryl methyl sites for hydroxylation is 1. The van der Waals surface area contributed by atoms with Crippen LogP contribution in [0.2, 0.25) is 0 Å². The van der Waals surface area contributed by atoms with E-state index in [1.807, 2.05) is 0 Å². The van der Waals surface area contributed by atoms with Gasteiger partial charge in [-0.3, -0.25) is 4.18 Å².